The Morgan fingerprint density at radius 2 is 1.97 bits per heavy atom. The van der Waals surface area contributed by atoms with E-state index < -0.39 is 0 Å². The Bertz CT molecular complexity index is 1300. The summed E-state index contributed by atoms with van der Waals surface area (Å²) in [5.41, 5.74) is 16.8. The number of piperidine rings is 1. The van der Waals surface area contributed by atoms with E-state index >= 15 is 0 Å². The van der Waals surface area contributed by atoms with Gasteiger partial charge in [0.2, 0.25) is 0 Å². The lowest BCUT2D eigenvalue weighted by Gasteiger charge is -2.30. The van der Waals surface area contributed by atoms with Crippen LogP contribution in [0.3, 0.4) is 0 Å². The third-order valence-corrected chi connectivity index (χ3v) is 6.68. The first kappa shape index (κ1) is 21.7. The van der Waals surface area contributed by atoms with E-state index in [4.69, 9.17) is 16.5 Å². The summed E-state index contributed by atoms with van der Waals surface area (Å²) in [5.74, 6) is 0.953. The maximum absolute atomic E-state index is 13.2. The molecule has 33 heavy (non-hydrogen) atoms. The highest BCUT2D eigenvalue weighted by Gasteiger charge is 2.24. The van der Waals surface area contributed by atoms with Crippen LogP contribution in [-0.2, 0) is 13.1 Å². The van der Waals surface area contributed by atoms with Gasteiger partial charge in [-0.05, 0) is 63.1 Å². The lowest BCUT2D eigenvalue weighted by Crippen LogP contribution is -2.45. The normalized spacial score (nSPS) is 16.7. The van der Waals surface area contributed by atoms with Crippen molar-refractivity contribution in [2.75, 3.05) is 19.6 Å². The van der Waals surface area contributed by atoms with Crippen LogP contribution in [0.5, 0.6) is 0 Å². The fourth-order valence-electron chi connectivity index (χ4n) is 5.05. The van der Waals surface area contributed by atoms with Crippen LogP contribution >= 0.6 is 0 Å². The van der Waals surface area contributed by atoms with E-state index in [1.165, 1.54) is 10.9 Å². The molecule has 0 bridgehead atoms. The Kier molecular flexibility index (Phi) is 5.91. The minimum Gasteiger partial charge on any atom is -0.338 e. The van der Waals surface area contributed by atoms with Crippen LogP contribution in [0.2, 0.25) is 0 Å². The molecule has 0 saturated carbocycles. The van der Waals surface area contributed by atoms with Crippen LogP contribution in [0, 0.1) is 0 Å². The van der Waals surface area contributed by atoms with Crippen LogP contribution in [0.15, 0.2) is 48.5 Å². The smallest absolute Gasteiger partial charge is 0.253 e. The third-order valence-electron chi connectivity index (χ3n) is 6.68. The van der Waals surface area contributed by atoms with Crippen molar-refractivity contribution >= 4 is 27.8 Å². The molecule has 0 radical (unpaired) electrons. The quantitative estimate of drug-likeness (QED) is 0.475. The van der Waals surface area contributed by atoms with Gasteiger partial charge in [0.1, 0.15) is 0 Å². The Labute approximate surface area is 194 Å². The number of aryl methyl sites for hydroxylation is 2. The van der Waals surface area contributed by atoms with Gasteiger partial charge in [0, 0.05) is 48.7 Å². The average molecular weight is 445 g/mol. The molecule has 4 N–H and O–H groups in total. The summed E-state index contributed by atoms with van der Waals surface area (Å²) in [7, 11) is 0. The van der Waals surface area contributed by atoms with Crippen molar-refractivity contribution in [2.24, 2.45) is 11.5 Å². The highest BCUT2D eigenvalue weighted by atomic mass is 16.2. The molecule has 1 saturated heterocycles. The summed E-state index contributed by atoms with van der Waals surface area (Å²) in [4.78, 5) is 20.1. The monoisotopic (exact) mass is 444 g/mol. The molecular weight excluding hydrogens is 412 g/mol. The van der Waals surface area contributed by atoms with Crippen LogP contribution < -0.4 is 11.5 Å². The Morgan fingerprint density at radius 3 is 2.76 bits per heavy atom. The van der Waals surface area contributed by atoms with Gasteiger partial charge >= 0.3 is 0 Å². The fraction of sp³-hybridized carbons (Fsp3) is 0.385. The topological polar surface area (TPSA) is 95.1 Å². The van der Waals surface area contributed by atoms with E-state index in [9.17, 15) is 4.79 Å². The molecule has 1 amide bonds. The molecule has 7 heteroatoms. The molecule has 0 spiro atoms. The number of hydrogen-bond acceptors (Lipinski definition) is 4. The SMILES string of the molecule is CCn1c(-c2nc3cc(C(=O)N4CCC[C@@H](N)C4)ccc3n2CCCN)cc2ccccc21. The minimum absolute atomic E-state index is 0.0350. The maximum Gasteiger partial charge on any atom is 0.253 e. The molecule has 1 atom stereocenters. The molecule has 5 rings (SSSR count). The van der Waals surface area contributed by atoms with Gasteiger partial charge in [-0.1, -0.05) is 18.2 Å². The summed E-state index contributed by atoms with van der Waals surface area (Å²) in [6.07, 6.45) is 2.79. The van der Waals surface area contributed by atoms with Crippen molar-refractivity contribution < 1.29 is 4.79 Å². The number of hydrogen-bond donors (Lipinski definition) is 2. The second-order valence-corrected chi connectivity index (χ2v) is 8.92. The number of fused-ring (bicyclic) bond motifs is 2. The second kappa shape index (κ2) is 9.00. The molecule has 0 unspecified atom stereocenters. The Morgan fingerprint density at radius 1 is 1.12 bits per heavy atom. The first-order chi connectivity index (χ1) is 16.1. The lowest BCUT2D eigenvalue weighted by molar-refractivity contribution is 0.0709. The van der Waals surface area contributed by atoms with Crippen molar-refractivity contribution in [3.05, 3.63) is 54.1 Å². The maximum atomic E-state index is 13.2. The third kappa shape index (κ3) is 3.92. The van der Waals surface area contributed by atoms with Crippen molar-refractivity contribution in [1.82, 2.24) is 19.0 Å². The van der Waals surface area contributed by atoms with Crippen molar-refractivity contribution in [1.29, 1.82) is 0 Å². The van der Waals surface area contributed by atoms with Gasteiger partial charge in [0.15, 0.2) is 5.82 Å². The largest absolute Gasteiger partial charge is 0.338 e. The van der Waals surface area contributed by atoms with E-state index in [-0.39, 0.29) is 11.9 Å². The van der Waals surface area contributed by atoms with E-state index in [0.717, 1.165) is 61.4 Å². The van der Waals surface area contributed by atoms with Gasteiger partial charge in [-0.3, -0.25) is 4.79 Å². The van der Waals surface area contributed by atoms with Gasteiger partial charge in [0.25, 0.3) is 5.91 Å². The van der Waals surface area contributed by atoms with E-state index in [1.54, 1.807) is 0 Å². The average Bonchev–Trinajstić information content (AvgIpc) is 3.39. The first-order valence-electron chi connectivity index (χ1n) is 11.9. The number of benzene rings is 2. The molecule has 1 aliphatic rings. The lowest BCUT2D eigenvalue weighted by atomic mass is 10.1. The standard InChI is InChI=1S/C26H32N6O/c1-2-31-22-9-4-3-7-18(22)16-24(31)25-29-21-15-19(10-11-23(21)32(25)14-6-12-27)26(33)30-13-5-8-20(28)17-30/h3-4,7,9-11,15-16,20H,2,5-6,8,12-14,17,27-28H2,1H3/t20-/m1/s1. The van der Waals surface area contributed by atoms with Gasteiger partial charge in [-0.25, -0.2) is 4.98 Å². The number of nitrogens with two attached hydrogens (primary N) is 2. The zero-order valence-electron chi connectivity index (χ0n) is 19.2. The number of rotatable bonds is 6. The molecule has 0 aliphatic carbocycles. The summed E-state index contributed by atoms with van der Waals surface area (Å²) < 4.78 is 4.55. The van der Waals surface area contributed by atoms with Gasteiger partial charge in [-0.2, -0.15) is 0 Å². The highest BCUT2D eigenvalue weighted by Crippen LogP contribution is 2.31. The zero-order chi connectivity index (χ0) is 22.9. The van der Waals surface area contributed by atoms with Crippen molar-refractivity contribution in [2.45, 2.75) is 45.3 Å². The number of imidazole rings is 1. The van der Waals surface area contributed by atoms with Crippen LogP contribution in [0.25, 0.3) is 33.5 Å². The van der Waals surface area contributed by atoms with Crippen molar-refractivity contribution in [3.63, 3.8) is 0 Å². The van der Waals surface area contributed by atoms with Gasteiger partial charge in [0.05, 0.1) is 16.7 Å². The number of carbonyl (C=O) groups is 1. The highest BCUT2D eigenvalue weighted by molar-refractivity contribution is 5.98. The molecule has 4 aromatic rings. The molecule has 172 valence electrons. The van der Waals surface area contributed by atoms with E-state index in [1.807, 2.05) is 23.1 Å². The summed E-state index contributed by atoms with van der Waals surface area (Å²) in [6, 6.07) is 16.6. The summed E-state index contributed by atoms with van der Waals surface area (Å²) >= 11 is 0. The molecule has 2 aromatic heterocycles. The first-order valence-corrected chi connectivity index (χ1v) is 11.9. The molecule has 1 fully saturated rings. The Hall–Kier alpha value is -3.16. The molecular formula is C26H32N6O. The van der Waals surface area contributed by atoms with E-state index in [0.29, 0.717) is 18.7 Å². The van der Waals surface area contributed by atoms with Crippen LogP contribution in [-0.4, -0.2) is 50.6 Å². The minimum atomic E-state index is 0.0350. The molecule has 7 nitrogen and oxygen atoms in total. The summed E-state index contributed by atoms with van der Waals surface area (Å²) in [5, 5.41) is 1.20. The Balaban J connectivity index is 1.61. The van der Waals surface area contributed by atoms with E-state index in [2.05, 4.69) is 46.4 Å². The van der Waals surface area contributed by atoms with Gasteiger partial charge < -0.3 is 25.5 Å². The molecule has 2 aromatic carbocycles. The van der Waals surface area contributed by atoms with Gasteiger partial charge in [-0.15, -0.1) is 0 Å². The predicted octanol–water partition coefficient (Wildman–Crippen LogP) is 3.59. The van der Waals surface area contributed by atoms with Crippen molar-refractivity contribution in [3.8, 4) is 11.5 Å². The fourth-order valence-corrected chi connectivity index (χ4v) is 5.05. The number of aromatic nitrogens is 3. The summed E-state index contributed by atoms with van der Waals surface area (Å²) in [6.45, 7) is 5.77. The number of para-hydroxylation sites is 1. The second-order valence-electron chi connectivity index (χ2n) is 8.92. The van der Waals surface area contributed by atoms with Crippen LogP contribution in [0.4, 0.5) is 0 Å². The molecule has 1 aliphatic heterocycles. The number of amides is 1. The number of nitrogens with zero attached hydrogens (tertiary/aromatic N) is 4. The van der Waals surface area contributed by atoms with Crippen LogP contribution in [0.1, 0.15) is 36.5 Å². The number of likely N-dealkylation sites (tertiary alicyclic amines) is 1. The number of carbonyl (C=O) groups excluding carboxylic acids is 1. The predicted molar refractivity (Wildman–Crippen MR) is 133 cm³/mol. The zero-order valence-corrected chi connectivity index (χ0v) is 19.2. The molecule has 3 heterocycles.